The Kier molecular flexibility index (Phi) is 4.10. The fourth-order valence-corrected chi connectivity index (χ4v) is 3.22. The molecule has 1 amide bonds. The minimum Gasteiger partial charge on any atom is -0.352 e. The van der Waals surface area contributed by atoms with Crippen LogP contribution in [0.2, 0.25) is 0 Å². The number of nitrogens with one attached hydrogen (secondary N) is 1. The summed E-state index contributed by atoms with van der Waals surface area (Å²) in [6.07, 6.45) is 1.37. The van der Waals surface area contributed by atoms with E-state index in [1.165, 1.54) is 0 Å². The fourth-order valence-electron chi connectivity index (χ4n) is 1.59. The molecule has 1 aliphatic rings. The topological polar surface area (TPSA) is 89.3 Å². The predicted octanol–water partition coefficient (Wildman–Crippen LogP) is -0.725. The van der Waals surface area contributed by atoms with E-state index in [0.717, 1.165) is 6.42 Å². The third-order valence-electron chi connectivity index (χ3n) is 2.61. The van der Waals surface area contributed by atoms with Crippen LogP contribution >= 0.6 is 0 Å². The third-order valence-corrected chi connectivity index (χ3v) is 4.43. The molecule has 1 fully saturated rings. The van der Waals surface area contributed by atoms with E-state index in [1.54, 1.807) is 6.92 Å². The first-order valence-electron chi connectivity index (χ1n) is 5.15. The Bertz CT molecular complexity index is 326. The highest BCUT2D eigenvalue weighted by Crippen LogP contribution is 2.12. The molecule has 2 unspecified atom stereocenters. The van der Waals surface area contributed by atoms with Gasteiger partial charge in [-0.3, -0.25) is 4.79 Å². The van der Waals surface area contributed by atoms with Crippen LogP contribution in [-0.2, 0) is 14.6 Å². The molecule has 0 aromatic rings. The van der Waals surface area contributed by atoms with Crippen LogP contribution in [-0.4, -0.2) is 38.4 Å². The van der Waals surface area contributed by atoms with Gasteiger partial charge in [-0.15, -0.1) is 0 Å². The second-order valence-electron chi connectivity index (χ2n) is 4.10. The quantitative estimate of drug-likeness (QED) is 0.674. The van der Waals surface area contributed by atoms with Crippen molar-refractivity contribution in [3.63, 3.8) is 0 Å². The maximum Gasteiger partial charge on any atom is 0.224 e. The minimum atomic E-state index is -2.96. The van der Waals surface area contributed by atoms with E-state index in [0.29, 0.717) is 6.42 Å². The summed E-state index contributed by atoms with van der Waals surface area (Å²) < 4.78 is 22.6. The molecule has 1 aliphatic heterocycles. The van der Waals surface area contributed by atoms with Gasteiger partial charge in [0.15, 0.2) is 9.84 Å². The second-order valence-corrected chi connectivity index (χ2v) is 6.33. The maximum absolute atomic E-state index is 11.5. The monoisotopic (exact) mass is 234 g/mol. The molecule has 0 spiro atoms. The van der Waals surface area contributed by atoms with Crippen molar-refractivity contribution in [2.75, 3.05) is 18.1 Å². The van der Waals surface area contributed by atoms with E-state index in [9.17, 15) is 13.2 Å². The standard InChI is InChI=1S/C9H18N2O3S/c1-7(5-10)9(12)11-8-3-2-4-15(13,14)6-8/h7-8H,2-6,10H2,1H3,(H,11,12). The highest BCUT2D eigenvalue weighted by molar-refractivity contribution is 7.91. The lowest BCUT2D eigenvalue weighted by Gasteiger charge is -2.24. The Morgan fingerprint density at radius 2 is 2.27 bits per heavy atom. The van der Waals surface area contributed by atoms with Gasteiger partial charge in [0, 0.05) is 18.5 Å². The fraction of sp³-hybridized carbons (Fsp3) is 0.889. The van der Waals surface area contributed by atoms with Gasteiger partial charge in [-0.1, -0.05) is 6.92 Å². The van der Waals surface area contributed by atoms with Gasteiger partial charge >= 0.3 is 0 Å². The number of carbonyl (C=O) groups is 1. The van der Waals surface area contributed by atoms with E-state index in [2.05, 4.69) is 5.32 Å². The molecule has 15 heavy (non-hydrogen) atoms. The van der Waals surface area contributed by atoms with E-state index < -0.39 is 9.84 Å². The number of amides is 1. The number of hydrogen-bond acceptors (Lipinski definition) is 4. The SMILES string of the molecule is CC(CN)C(=O)NC1CCCS(=O)(=O)C1. The Hall–Kier alpha value is -0.620. The molecule has 88 valence electrons. The van der Waals surface area contributed by atoms with Crippen molar-refractivity contribution in [2.24, 2.45) is 11.7 Å². The summed E-state index contributed by atoms with van der Waals surface area (Å²) in [4.78, 5) is 11.5. The lowest BCUT2D eigenvalue weighted by Crippen LogP contribution is -2.46. The first-order chi connectivity index (χ1) is 6.94. The van der Waals surface area contributed by atoms with Crippen LogP contribution in [0.4, 0.5) is 0 Å². The molecule has 0 bridgehead atoms. The van der Waals surface area contributed by atoms with Crippen molar-refractivity contribution in [1.29, 1.82) is 0 Å². The van der Waals surface area contributed by atoms with E-state index in [4.69, 9.17) is 5.73 Å². The van der Waals surface area contributed by atoms with E-state index in [1.807, 2.05) is 0 Å². The van der Waals surface area contributed by atoms with Crippen LogP contribution in [0.25, 0.3) is 0 Å². The van der Waals surface area contributed by atoms with Gasteiger partial charge in [0.05, 0.1) is 11.5 Å². The molecule has 1 rings (SSSR count). The molecule has 0 aromatic carbocycles. The van der Waals surface area contributed by atoms with Gasteiger partial charge in [0.1, 0.15) is 0 Å². The van der Waals surface area contributed by atoms with Crippen molar-refractivity contribution >= 4 is 15.7 Å². The second kappa shape index (κ2) is 4.94. The molecule has 0 saturated carbocycles. The van der Waals surface area contributed by atoms with Crippen LogP contribution in [0.1, 0.15) is 19.8 Å². The molecular formula is C9H18N2O3S. The maximum atomic E-state index is 11.5. The van der Waals surface area contributed by atoms with Gasteiger partial charge in [0.25, 0.3) is 0 Å². The summed E-state index contributed by atoms with van der Waals surface area (Å²) in [5.74, 6) is -0.101. The first kappa shape index (κ1) is 12.4. The predicted molar refractivity (Wildman–Crippen MR) is 58.0 cm³/mol. The van der Waals surface area contributed by atoms with Crippen LogP contribution < -0.4 is 11.1 Å². The molecule has 3 N–H and O–H groups in total. The van der Waals surface area contributed by atoms with Crippen LogP contribution in [0.15, 0.2) is 0 Å². The summed E-state index contributed by atoms with van der Waals surface area (Å²) in [5, 5.41) is 2.73. The summed E-state index contributed by atoms with van der Waals surface area (Å²) in [6.45, 7) is 2.01. The normalized spacial score (nSPS) is 26.9. The zero-order chi connectivity index (χ0) is 11.5. The van der Waals surface area contributed by atoms with Crippen LogP contribution in [0.3, 0.4) is 0 Å². The van der Waals surface area contributed by atoms with Gasteiger partial charge in [-0.05, 0) is 12.8 Å². The summed E-state index contributed by atoms with van der Waals surface area (Å²) in [6, 6.07) is -0.231. The van der Waals surface area contributed by atoms with Gasteiger partial charge in [-0.25, -0.2) is 8.42 Å². The molecule has 1 saturated heterocycles. The number of nitrogens with two attached hydrogens (primary N) is 1. The largest absolute Gasteiger partial charge is 0.352 e. The van der Waals surface area contributed by atoms with E-state index >= 15 is 0 Å². The number of rotatable bonds is 3. The van der Waals surface area contributed by atoms with E-state index in [-0.39, 0.29) is 35.9 Å². The average molecular weight is 234 g/mol. The molecule has 1 heterocycles. The van der Waals surface area contributed by atoms with Crippen molar-refractivity contribution < 1.29 is 13.2 Å². The number of sulfone groups is 1. The summed E-state index contributed by atoms with van der Waals surface area (Å²) >= 11 is 0. The molecule has 0 aromatic heterocycles. The zero-order valence-electron chi connectivity index (χ0n) is 8.90. The Labute approximate surface area is 90.3 Å². The van der Waals surface area contributed by atoms with Crippen LogP contribution in [0.5, 0.6) is 0 Å². The molecule has 0 aliphatic carbocycles. The molecule has 0 radical (unpaired) electrons. The Morgan fingerprint density at radius 1 is 1.60 bits per heavy atom. The van der Waals surface area contributed by atoms with Crippen molar-refractivity contribution in [2.45, 2.75) is 25.8 Å². The lowest BCUT2D eigenvalue weighted by molar-refractivity contribution is -0.124. The smallest absolute Gasteiger partial charge is 0.224 e. The van der Waals surface area contributed by atoms with Crippen molar-refractivity contribution in [3.05, 3.63) is 0 Å². The van der Waals surface area contributed by atoms with Crippen LogP contribution in [0, 0.1) is 5.92 Å². The molecular weight excluding hydrogens is 216 g/mol. The first-order valence-corrected chi connectivity index (χ1v) is 6.97. The third kappa shape index (κ3) is 3.79. The van der Waals surface area contributed by atoms with Crippen molar-refractivity contribution in [3.8, 4) is 0 Å². The zero-order valence-corrected chi connectivity index (χ0v) is 9.72. The molecule has 5 nitrogen and oxygen atoms in total. The Balaban J connectivity index is 2.49. The summed E-state index contributed by atoms with van der Waals surface area (Å²) in [7, 11) is -2.96. The number of hydrogen-bond donors (Lipinski definition) is 2. The lowest BCUT2D eigenvalue weighted by atomic mass is 10.1. The minimum absolute atomic E-state index is 0.0655. The average Bonchev–Trinajstić information content (AvgIpc) is 2.14. The Morgan fingerprint density at radius 3 is 2.80 bits per heavy atom. The van der Waals surface area contributed by atoms with Gasteiger partial charge < -0.3 is 11.1 Å². The van der Waals surface area contributed by atoms with Crippen molar-refractivity contribution in [1.82, 2.24) is 5.32 Å². The number of carbonyl (C=O) groups excluding carboxylic acids is 1. The molecule has 6 heteroatoms. The highest BCUT2D eigenvalue weighted by atomic mass is 32.2. The highest BCUT2D eigenvalue weighted by Gasteiger charge is 2.26. The summed E-state index contributed by atoms with van der Waals surface area (Å²) in [5.41, 5.74) is 5.35. The van der Waals surface area contributed by atoms with Gasteiger partial charge in [-0.2, -0.15) is 0 Å². The molecule has 2 atom stereocenters. The van der Waals surface area contributed by atoms with Gasteiger partial charge in [0.2, 0.25) is 5.91 Å².